The van der Waals surface area contributed by atoms with Crippen LogP contribution in [0.25, 0.3) is 0 Å². The van der Waals surface area contributed by atoms with Gasteiger partial charge in [0.05, 0.1) is 6.10 Å². The van der Waals surface area contributed by atoms with E-state index in [1.165, 1.54) is 0 Å². The van der Waals surface area contributed by atoms with Gasteiger partial charge in [0, 0.05) is 38.2 Å². The topological polar surface area (TPSA) is 89.9 Å². The minimum atomic E-state index is -3.32. The summed E-state index contributed by atoms with van der Waals surface area (Å²) in [5, 5.41) is 8.76. The van der Waals surface area contributed by atoms with E-state index in [1.807, 2.05) is 6.92 Å². The Bertz CT molecular complexity index is 662. The molecule has 2 aliphatic rings. The zero-order valence-electron chi connectivity index (χ0n) is 21.3. The van der Waals surface area contributed by atoms with Gasteiger partial charge in [-0.3, -0.25) is 14.4 Å². The van der Waals surface area contributed by atoms with E-state index in [4.69, 9.17) is 14.6 Å². The first-order valence-corrected chi connectivity index (χ1v) is 13.7. The zero-order valence-corrected chi connectivity index (χ0v) is 21.3. The lowest BCUT2D eigenvalue weighted by atomic mass is 9.84. The van der Waals surface area contributed by atoms with Crippen LogP contribution in [0.1, 0.15) is 116 Å². The molecule has 0 amide bonds. The molecule has 0 aromatic carbocycles. The van der Waals surface area contributed by atoms with Gasteiger partial charge >= 0.3 is 11.9 Å². The molecule has 0 radical (unpaired) electrons. The van der Waals surface area contributed by atoms with Crippen LogP contribution in [0.2, 0.25) is 0 Å². The number of carbonyl (C=O) groups excluding carboxylic acids is 2. The fourth-order valence-electron chi connectivity index (χ4n) is 5.31. The quantitative estimate of drug-likeness (QED) is 0.216. The van der Waals surface area contributed by atoms with Crippen LogP contribution in [0.5, 0.6) is 0 Å². The Morgan fingerprint density at radius 1 is 1.03 bits per heavy atom. The number of carboxylic acid groups (broad SMARTS) is 1. The first-order chi connectivity index (χ1) is 16.7. The van der Waals surface area contributed by atoms with Crippen molar-refractivity contribution in [3.63, 3.8) is 0 Å². The summed E-state index contributed by atoms with van der Waals surface area (Å²) in [6, 6.07) is 0. The summed E-state index contributed by atoms with van der Waals surface area (Å²) < 4.78 is 40.7. The predicted molar refractivity (Wildman–Crippen MR) is 128 cm³/mol. The van der Waals surface area contributed by atoms with E-state index in [0.717, 1.165) is 51.4 Å². The summed E-state index contributed by atoms with van der Waals surface area (Å²) in [6.07, 6.45) is 8.28. The monoisotopic (exact) mass is 502 g/mol. The van der Waals surface area contributed by atoms with Crippen LogP contribution in [0.3, 0.4) is 0 Å². The fourth-order valence-corrected chi connectivity index (χ4v) is 5.31. The molecule has 6 nitrogen and oxygen atoms in total. The van der Waals surface area contributed by atoms with Crippen LogP contribution < -0.4 is 0 Å². The minimum absolute atomic E-state index is 0.0696. The number of ketones is 2. The van der Waals surface area contributed by atoms with E-state index in [-0.39, 0.29) is 49.6 Å². The maximum absolute atomic E-state index is 14.4. The number of carboxylic acids is 1. The highest BCUT2D eigenvalue weighted by Crippen LogP contribution is 2.40. The third kappa shape index (κ3) is 10.6. The number of Topliss-reactive ketones (excluding diaryl/α,β-unsaturated/α-hetero) is 2. The van der Waals surface area contributed by atoms with Crippen molar-refractivity contribution in [1.29, 1.82) is 0 Å². The molecule has 0 spiro atoms. The number of ether oxygens (including phenoxy) is 2. The smallest absolute Gasteiger partial charge is 0.305 e. The first kappa shape index (κ1) is 29.8. The fraction of sp³-hybridized carbons (Fsp3) is 0.889. The number of hydrogen-bond acceptors (Lipinski definition) is 5. The Morgan fingerprint density at radius 3 is 2.46 bits per heavy atom. The lowest BCUT2D eigenvalue weighted by molar-refractivity contribution is -0.196. The van der Waals surface area contributed by atoms with Gasteiger partial charge in [-0.1, -0.05) is 45.4 Å². The van der Waals surface area contributed by atoms with Crippen LogP contribution >= 0.6 is 0 Å². The predicted octanol–water partition coefficient (Wildman–Crippen LogP) is 6.48. The Hall–Kier alpha value is -1.41. The van der Waals surface area contributed by atoms with E-state index in [9.17, 15) is 23.2 Å². The number of unbranched alkanes of at least 4 members (excludes halogenated alkanes) is 6. The molecule has 0 aromatic heterocycles. The summed E-state index contributed by atoms with van der Waals surface area (Å²) in [5.74, 6) is -5.68. The number of hydrogen-bond donors (Lipinski definition) is 1. The second-order valence-corrected chi connectivity index (χ2v) is 10.2. The summed E-state index contributed by atoms with van der Waals surface area (Å²) >= 11 is 0. The van der Waals surface area contributed by atoms with Gasteiger partial charge in [-0.25, -0.2) is 0 Å². The number of aliphatic carboxylic acids is 1. The molecule has 35 heavy (non-hydrogen) atoms. The van der Waals surface area contributed by atoms with Crippen molar-refractivity contribution in [2.75, 3.05) is 6.61 Å². The lowest BCUT2D eigenvalue weighted by Crippen LogP contribution is -2.33. The number of rotatable bonds is 18. The molecule has 1 saturated heterocycles. The van der Waals surface area contributed by atoms with Crippen molar-refractivity contribution in [3.05, 3.63) is 0 Å². The Labute approximate surface area is 208 Å². The molecule has 1 heterocycles. The van der Waals surface area contributed by atoms with Crippen molar-refractivity contribution in [2.24, 2.45) is 11.8 Å². The van der Waals surface area contributed by atoms with E-state index in [2.05, 4.69) is 0 Å². The minimum Gasteiger partial charge on any atom is -0.481 e. The highest BCUT2D eigenvalue weighted by molar-refractivity contribution is 5.86. The molecule has 202 valence electrons. The number of halogens is 2. The third-order valence-corrected chi connectivity index (χ3v) is 7.39. The van der Waals surface area contributed by atoms with Crippen molar-refractivity contribution >= 4 is 17.5 Å². The zero-order chi connectivity index (χ0) is 25.7. The maximum atomic E-state index is 14.4. The maximum Gasteiger partial charge on any atom is 0.305 e. The number of alkyl halides is 2. The molecule has 2 rings (SSSR count). The molecular weight excluding hydrogens is 458 g/mol. The SMILES string of the molecule is CCCCCCC(F)(F)C(=O)CC[C@@H]1C(CCCCCCC(=O)O)C(=O)C[C@H]1OC1CCCCO1. The average Bonchev–Trinajstić information content (AvgIpc) is 3.11. The summed E-state index contributed by atoms with van der Waals surface area (Å²) in [4.78, 5) is 35.9. The molecule has 1 aliphatic carbocycles. The summed E-state index contributed by atoms with van der Waals surface area (Å²) in [5.41, 5.74) is 0. The Balaban J connectivity index is 1.93. The largest absolute Gasteiger partial charge is 0.481 e. The standard InChI is InChI=1S/C27H44F2O6/c1-2-3-4-10-17-27(28,29)24(31)16-15-21-20(12-7-5-6-8-13-25(32)33)22(30)19-23(21)35-26-14-9-11-18-34-26/h20-21,23,26H,2-19H2,1H3,(H,32,33)/t20?,21-,23-,26?/m1/s1. The van der Waals surface area contributed by atoms with Crippen LogP contribution in [0, 0.1) is 11.8 Å². The summed E-state index contributed by atoms with van der Waals surface area (Å²) in [6.45, 7) is 2.62. The highest BCUT2D eigenvalue weighted by Gasteiger charge is 2.45. The molecule has 0 aromatic rings. The molecule has 2 fully saturated rings. The van der Waals surface area contributed by atoms with Gasteiger partial charge in [0.2, 0.25) is 5.78 Å². The van der Waals surface area contributed by atoms with Crippen molar-refractivity contribution in [3.8, 4) is 0 Å². The van der Waals surface area contributed by atoms with Gasteiger partial charge in [0.1, 0.15) is 5.78 Å². The lowest BCUT2D eigenvalue weighted by Gasteiger charge is -2.30. The normalized spacial score (nSPS) is 25.2. The second kappa shape index (κ2) is 15.6. The third-order valence-electron chi connectivity index (χ3n) is 7.39. The first-order valence-electron chi connectivity index (χ1n) is 13.7. The summed E-state index contributed by atoms with van der Waals surface area (Å²) in [7, 11) is 0. The van der Waals surface area contributed by atoms with E-state index >= 15 is 0 Å². The van der Waals surface area contributed by atoms with Gasteiger partial charge in [-0.05, 0) is 50.9 Å². The molecule has 8 heteroatoms. The van der Waals surface area contributed by atoms with Crippen molar-refractivity contribution in [2.45, 2.75) is 134 Å². The average molecular weight is 503 g/mol. The van der Waals surface area contributed by atoms with Crippen LogP contribution in [0.4, 0.5) is 8.78 Å². The second-order valence-electron chi connectivity index (χ2n) is 10.2. The van der Waals surface area contributed by atoms with Gasteiger partial charge < -0.3 is 14.6 Å². The van der Waals surface area contributed by atoms with E-state index in [1.54, 1.807) is 0 Å². The van der Waals surface area contributed by atoms with Gasteiger partial charge in [-0.15, -0.1) is 0 Å². The van der Waals surface area contributed by atoms with E-state index < -0.39 is 30.2 Å². The van der Waals surface area contributed by atoms with Crippen LogP contribution in [-0.4, -0.2) is 47.6 Å². The van der Waals surface area contributed by atoms with Gasteiger partial charge in [0.15, 0.2) is 6.29 Å². The Kier molecular flexibility index (Phi) is 13.3. The highest BCUT2D eigenvalue weighted by atomic mass is 19.3. The molecule has 1 N–H and O–H groups in total. The van der Waals surface area contributed by atoms with Crippen molar-refractivity contribution in [1.82, 2.24) is 0 Å². The van der Waals surface area contributed by atoms with E-state index in [0.29, 0.717) is 32.3 Å². The molecule has 1 saturated carbocycles. The van der Waals surface area contributed by atoms with Gasteiger partial charge in [0.25, 0.3) is 0 Å². The molecule has 4 atom stereocenters. The molecule has 0 bridgehead atoms. The Morgan fingerprint density at radius 2 is 1.77 bits per heavy atom. The molecule has 1 aliphatic heterocycles. The number of carbonyl (C=O) groups is 3. The van der Waals surface area contributed by atoms with Crippen LogP contribution in [0.15, 0.2) is 0 Å². The van der Waals surface area contributed by atoms with Crippen LogP contribution in [-0.2, 0) is 23.9 Å². The molecular formula is C27H44F2O6. The molecule has 2 unspecified atom stereocenters. The van der Waals surface area contributed by atoms with Crippen molar-refractivity contribution < 1.29 is 37.7 Å². The van der Waals surface area contributed by atoms with Gasteiger partial charge in [-0.2, -0.15) is 8.78 Å².